The lowest BCUT2D eigenvalue weighted by atomic mass is 9.54. The second-order valence-electron chi connectivity index (χ2n) is 14.9. The second kappa shape index (κ2) is 15.0. The van der Waals surface area contributed by atoms with Crippen LogP contribution in [-0.4, -0.2) is 43.7 Å². The summed E-state index contributed by atoms with van der Waals surface area (Å²) < 4.78 is 35.3. The number of carbonyl (C=O) groups is 1. The van der Waals surface area contributed by atoms with Gasteiger partial charge < -0.3 is 24.4 Å². The van der Waals surface area contributed by atoms with Crippen LogP contribution in [0.5, 0.6) is 11.5 Å². The molecule has 3 aliphatic carbocycles. The Morgan fingerprint density at radius 3 is 2.32 bits per heavy atom. The first kappa shape index (κ1) is 34.3. The summed E-state index contributed by atoms with van der Waals surface area (Å²) in [6.07, 6.45) is 5.27. The summed E-state index contributed by atoms with van der Waals surface area (Å²) in [7, 11) is 3.82. The van der Waals surface area contributed by atoms with Gasteiger partial charge >= 0.3 is 0 Å². The summed E-state index contributed by atoms with van der Waals surface area (Å²) >= 11 is 0. The zero-order valence-electron chi connectivity index (χ0n) is 29.4. The molecule has 262 valence electrons. The Hall–Kier alpha value is -4.20. The highest BCUT2D eigenvalue weighted by Gasteiger charge is 2.59. The van der Waals surface area contributed by atoms with E-state index in [9.17, 15) is 4.79 Å². The van der Waals surface area contributed by atoms with Gasteiger partial charge in [-0.3, -0.25) is 4.79 Å². The summed E-state index contributed by atoms with van der Waals surface area (Å²) in [6.45, 7) is 4.11. The smallest absolute Gasteiger partial charge is 0.225 e. The van der Waals surface area contributed by atoms with Crippen molar-refractivity contribution >= 4 is 11.6 Å². The van der Waals surface area contributed by atoms with Crippen molar-refractivity contribution in [2.75, 3.05) is 26.0 Å². The molecule has 0 bridgehead atoms. The number of hydrogen-bond acceptors (Lipinski definition) is 5. The molecular formula is C43H49FN2O4. The molecule has 1 N–H and O–H groups in total. The van der Waals surface area contributed by atoms with Crippen molar-refractivity contribution in [1.82, 2.24) is 4.90 Å². The normalized spacial score (nSPS) is 25.3. The standard InChI is InChI=1S/C43H49FN2O4/c1-43-26-39(50-33-16-20-38(37(44)25-33)45-41(47)22-23-46(2)3)42-34-18-15-32(48-27-29-10-6-4-7-11-29)24-31(34)14-17-35(42)36(43)19-21-40(43)49-28-30-12-8-5-9-13-30/h4-13,15-16,18,20,24-25,35-36,39-40,42H,14,17,19,21-23,26-28H2,1-3H3,(H,45,47)/t35-,36-,39-,40-,42+,43-/m0/s1. The zero-order chi connectivity index (χ0) is 34.7. The number of halogens is 1. The molecule has 0 radical (unpaired) electrons. The molecule has 4 aromatic rings. The Balaban J connectivity index is 1.14. The lowest BCUT2D eigenvalue weighted by Gasteiger charge is -2.53. The van der Waals surface area contributed by atoms with E-state index >= 15 is 4.39 Å². The van der Waals surface area contributed by atoms with E-state index < -0.39 is 5.82 Å². The Morgan fingerprint density at radius 2 is 1.60 bits per heavy atom. The van der Waals surface area contributed by atoms with Crippen LogP contribution in [0.3, 0.4) is 0 Å². The zero-order valence-corrected chi connectivity index (χ0v) is 29.4. The van der Waals surface area contributed by atoms with Gasteiger partial charge in [0.25, 0.3) is 0 Å². The third kappa shape index (κ3) is 7.45. The predicted octanol–water partition coefficient (Wildman–Crippen LogP) is 8.79. The number of amides is 1. The van der Waals surface area contributed by atoms with Crippen LogP contribution >= 0.6 is 0 Å². The van der Waals surface area contributed by atoms with E-state index in [2.05, 4.69) is 66.8 Å². The number of nitrogens with zero attached hydrogens (tertiary/aromatic N) is 1. The van der Waals surface area contributed by atoms with Gasteiger partial charge in [0.2, 0.25) is 5.91 Å². The van der Waals surface area contributed by atoms with Gasteiger partial charge in [0.1, 0.15) is 30.0 Å². The molecule has 6 atom stereocenters. The van der Waals surface area contributed by atoms with E-state index in [1.165, 1.54) is 22.8 Å². The highest BCUT2D eigenvalue weighted by atomic mass is 19.1. The van der Waals surface area contributed by atoms with Crippen molar-refractivity contribution in [3.8, 4) is 11.5 Å². The third-order valence-electron chi connectivity index (χ3n) is 11.4. The molecule has 2 fully saturated rings. The average molecular weight is 677 g/mol. The lowest BCUT2D eigenvalue weighted by Crippen LogP contribution is -2.52. The monoisotopic (exact) mass is 676 g/mol. The molecule has 0 heterocycles. The molecule has 50 heavy (non-hydrogen) atoms. The first-order valence-corrected chi connectivity index (χ1v) is 18.1. The summed E-state index contributed by atoms with van der Waals surface area (Å²) in [5, 5.41) is 2.73. The summed E-state index contributed by atoms with van der Waals surface area (Å²) in [5.41, 5.74) is 5.05. The lowest BCUT2D eigenvalue weighted by molar-refractivity contribution is -0.116. The molecule has 1 amide bonds. The fraction of sp³-hybridized carbons (Fsp3) is 0.419. The molecule has 3 aliphatic rings. The number of anilines is 1. The minimum Gasteiger partial charge on any atom is -0.490 e. The van der Waals surface area contributed by atoms with Gasteiger partial charge in [0.15, 0.2) is 0 Å². The van der Waals surface area contributed by atoms with Gasteiger partial charge in [0.05, 0.1) is 18.4 Å². The minimum absolute atomic E-state index is 0.0737. The molecule has 2 saturated carbocycles. The SMILES string of the molecule is CN(C)CCC(=O)Nc1ccc(O[C@H]2C[C@]3(C)[C@@H](OCc4ccccc4)CC[C@H]3[C@@H]3CCc4cc(OCc5ccccc5)ccc4[C@H]32)cc1F. The first-order chi connectivity index (χ1) is 24.3. The highest BCUT2D eigenvalue weighted by Crippen LogP contribution is 2.62. The number of aryl methyl sites for hydroxylation is 1. The van der Waals surface area contributed by atoms with Gasteiger partial charge in [-0.25, -0.2) is 4.39 Å². The second-order valence-corrected chi connectivity index (χ2v) is 14.9. The van der Waals surface area contributed by atoms with Crippen LogP contribution in [0.1, 0.15) is 67.2 Å². The predicted molar refractivity (Wildman–Crippen MR) is 195 cm³/mol. The molecule has 0 spiro atoms. The van der Waals surface area contributed by atoms with Gasteiger partial charge in [-0.2, -0.15) is 0 Å². The number of rotatable bonds is 12. The maximum atomic E-state index is 15.5. The number of ether oxygens (including phenoxy) is 3. The summed E-state index contributed by atoms with van der Waals surface area (Å²) in [4.78, 5) is 14.4. The fourth-order valence-corrected chi connectivity index (χ4v) is 8.93. The first-order valence-electron chi connectivity index (χ1n) is 18.1. The Morgan fingerprint density at radius 1 is 0.880 bits per heavy atom. The molecule has 6 nitrogen and oxygen atoms in total. The van der Waals surface area contributed by atoms with Crippen molar-refractivity contribution in [2.45, 2.75) is 76.8 Å². The van der Waals surface area contributed by atoms with Crippen molar-refractivity contribution in [2.24, 2.45) is 17.3 Å². The van der Waals surface area contributed by atoms with Crippen LogP contribution in [0.4, 0.5) is 10.1 Å². The van der Waals surface area contributed by atoms with Crippen LogP contribution in [0.15, 0.2) is 97.1 Å². The molecule has 7 heteroatoms. The average Bonchev–Trinajstić information content (AvgIpc) is 3.46. The number of hydrogen-bond donors (Lipinski definition) is 1. The van der Waals surface area contributed by atoms with Gasteiger partial charge in [-0.1, -0.05) is 73.7 Å². The van der Waals surface area contributed by atoms with Gasteiger partial charge in [0, 0.05) is 30.4 Å². The number of fused-ring (bicyclic) bond motifs is 5. The molecule has 7 rings (SSSR count). The number of nitrogens with one attached hydrogen (secondary N) is 1. The van der Waals surface area contributed by atoms with Crippen molar-refractivity contribution < 1.29 is 23.4 Å². The Kier molecular flexibility index (Phi) is 10.2. The van der Waals surface area contributed by atoms with Crippen molar-refractivity contribution in [3.05, 3.63) is 125 Å². The molecule has 0 aliphatic heterocycles. The Labute approximate surface area is 295 Å². The molecule has 0 aromatic heterocycles. The van der Waals surface area contributed by atoms with E-state index in [0.29, 0.717) is 43.8 Å². The molecule has 4 aromatic carbocycles. The topological polar surface area (TPSA) is 60.0 Å². The maximum Gasteiger partial charge on any atom is 0.225 e. The molecule has 0 unspecified atom stereocenters. The van der Waals surface area contributed by atoms with Crippen LogP contribution in [0.25, 0.3) is 0 Å². The van der Waals surface area contributed by atoms with Crippen LogP contribution < -0.4 is 14.8 Å². The van der Waals surface area contributed by atoms with E-state index in [-0.39, 0.29) is 35.1 Å². The third-order valence-corrected chi connectivity index (χ3v) is 11.4. The van der Waals surface area contributed by atoms with Crippen LogP contribution in [0, 0.1) is 23.1 Å². The summed E-state index contributed by atoms with van der Waals surface area (Å²) in [5.74, 6) is 1.75. The quantitative estimate of drug-likeness (QED) is 0.163. The molecular weight excluding hydrogens is 627 g/mol. The van der Waals surface area contributed by atoms with Crippen LogP contribution in [0.2, 0.25) is 0 Å². The number of carbonyl (C=O) groups excluding carboxylic acids is 1. The van der Waals surface area contributed by atoms with Crippen LogP contribution in [-0.2, 0) is 29.2 Å². The molecule has 0 saturated heterocycles. The fourth-order valence-electron chi connectivity index (χ4n) is 8.93. The van der Waals surface area contributed by atoms with Gasteiger partial charge in [-0.05, 0) is 105 Å². The Bertz CT molecular complexity index is 1770. The van der Waals surface area contributed by atoms with Gasteiger partial charge in [-0.15, -0.1) is 0 Å². The van der Waals surface area contributed by atoms with E-state index in [4.69, 9.17) is 14.2 Å². The maximum absolute atomic E-state index is 15.5. The van der Waals surface area contributed by atoms with Crippen molar-refractivity contribution in [1.29, 1.82) is 0 Å². The van der Waals surface area contributed by atoms with E-state index in [0.717, 1.165) is 43.4 Å². The largest absolute Gasteiger partial charge is 0.490 e. The van der Waals surface area contributed by atoms with Crippen molar-refractivity contribution in [3.63, 3.8) is 0 Å². The van der Waals surface area contributed by atoms with E-state index in [1.807, 2.05) is 43.3 Å². The summed E-state index contributed by atoms with van der Waals surface area (Å²) in [6, 6.07) is 32.0. The van der Waals surface area contributed by atoms with E-state index in [1.54, 1.807) is 12.1 Å². The minimum atomic E-state index is -0.494. The highest BCUT2D eigenvalue weighted by molar-refractivity contribution is 5.91. The number of benzene rings is 4.